The van der Waals surface area contributed by atoms with Crippen LogP contribution in [0.25, 0.3) is 0 Å². The van der Waals surface area contributed by atoms with Gasteiger partial charge >= 0.3 is 6.18 Å². The predicted molar refractivity (Wildman–Crippen MR) is 87.5 cm³/mol. The maximum Gasteiger partial charge on any atom is 0.450 e. The van der Waals surface area contributed by atoms with Crippen molar-refractivity contribution in [3.8, 4) is 6.07 Å². The second-order valence-corrected chi connectivity index (χ2v) is 6.78. The van der Waals surface area contributed by atoms with Gasteiger partial charge in [0, 0.05) is 37.1 Å². The highest BCUT2D eigenvalue weighted by atomic mass is 32.2. The Hall–Kier alpha value is -2.21. The molecule has 0 bridgehead atoms. The number of benzene rings is 1. The lowest BCUT2D eigenvalue weighted by Crippen LogP contribution is -2.34. The summed E-state index contributed by atoms with van der Waals surface area (Å²) >= 11 is 0.859. The maximum absolute atomic E-state index is 12.7. The fourth-order valence-corrected chi connectivity index (χ4v) is 3.45. The first-order valence-electron chi connectivity index (χ1n) is 7.45. The van der Waals surface area contributed by atoms with Crippen LogP contribution in [0.15, 0.2) is 17.0 Å². The normalized spacial score (nSPS) is 16.9. The SMILES string of the molecule is CN(C)C(=O)Sc1c(C#N)ccc2c1CCC(C(=O)C(F)(F)F)CN2. The summed E-state index contributed by atoms with van der Waals surface area (Å²) in [7, 11) is 3.14. The van der Waals surface area contributed by atoms with Crippen molar-refractivity contribution in [2.75, 3.05) is 26.0 Å². The van der Waals surface area contributed by atoms with Crippen molar-refractivity contribution in [1.29, 1.82) is 5.26 Å². The number of nitriles is 1. The molecule has 0 aromatic heterocycles. The fourth-order valence-electron chi connectivity index (χ4n) is 2.53. The van der Waals surface area contributed by atoms with Gasteiger partial charge in [-0.25, -0.2) is 0 Å². The zero-order valence-corrected chi connectivity index (χ0v) is 14.4. The first kappa shape index (κ1) is 19.1. The highest BCUT2D eigenvalue weighted by molar-refractivity contribution is 8.13. The molecule has 1 aromatic rings. The number of alkyl halides is 3. The van der Waals surface area contributed by atoms with E-state index in [1.54, 1.807) is 20.2 Å². The molecule has 0 saturated heterocycles. The van der Waals surface area contributed by atoms with Crippen molar-refractivity contribution in [1.82, 2.24) is 4.90 Å². The Bertz CT molecular complexity index is 741. The average molecular weight is 371 g/mol. The number of ketones is 1. The van der Waals surface area contributed by atoms with E-state index in [9.17, 15) is 28.0 Å². The fraction of sp³-hybridized carbons (Fsp3) is 0.438. The first-order valence-corrected chi connectivity index (χ1v) is 8.26. The van der Waals surface area contributed by atoms with Gasteiger partial charge in [0.1, 0.15) is 6.07 Å². The summed E-state index contributed by atoms with van der Waals surface area (Å²) in [5, 5.41) is 11.8. The summed E-state index contributed by atoms with van der Waals surface area (Å²) in [5.74, 6) is -2.95. The number of carbonyl (C=O) groups is 2. The van der Waals surface area contributed by atoms with Crippen molar-refractivity contribution in [2.24, 2.45) is 5.92 Å². The first-order chi connectivity index (χ1) is 11.6. The maximum atomic E-state index is 12.7. The third-order valence-corrected chi connectivity index (χ3v) is 5.08. The van der Waals surface area contributed by atoms with Crippen LogP contribution >= 0.6 is 11.8 Å². The second-order valence-electron chi connectivity index (χ2n) is 5.82. The van der Waals surface area contributed by atoms with Gasteiger partial charge in [0.15, 0.2) is 0 Å². The highest BCUT2D eigenvalue weighted by Crippen LogP contribution is 2.37. The molecule has 1 N–H and O–H groups in total. The van der Waals surface area contributed by atoms with E-state index in [1.165, 1.54) is 11.0 Å². The van der Waals surface area contributed by atoms with E-state index in [0.29, 0.717) is 16.1 Å². The molecule has 9 heteroatoms. The molecule has 1 aromatic carbocycles. The summed E-state index contributed by atoms with van der Waals surface area (Å²) in [5.41, 5.74) is 1.42. The van der Waals surface area contributed by atoms with Crippen molar-refractivity contribution >= 4 is 28.5 Å². The number of nitrogens with zero attached hydrogens (tertiary/aromatic N) is 2. The van der Waals surface area contributed by atoms with E-state index in [-0.39, 0.29) is 30.2 Å². The standard InChI is InChI=1S/C16H16F3N3O2S/c1-22(2)15(24)25-13-9(7-20)4-6-12-11(13)5-3-10(8-21-12)14(23)16(17,18)19/h4,6,10,21H,3,5,8H2,1-2H3. The van der Waals surface area contributed by atoms with Gasteiger partial charge in [0.05, 0.1) is 5.56 Å². The third kappa shape index (κ3) is 4.25. The molecule has 0 aliphatic carbocycles. The van der Waals surface area contributed by atoms with Crippen LogP contribution in [0.3, 0.4) is 0 Å². The molecule has 1 aliphatic heterocycles. The van der Waals surface area contributed by atoms with E-state index < -0.39 is 17.9 Å². The van der Waals surface area contributed by atoms with Gasteiger partial charge in [-0.15, -0.1) is 0 Å². The Kier molecular flexibility index (Phi) is 5.62. The van der Waals surface area contributed by atoms with Crippen molar-refractivity contribution in [3.63, 3.8) is 0 Å². The molecule has 1 unspecified atom stereocenters. The van der Waals surface area contributed by atoms with Crippen LogP contribution < -0.4 is 5.32 Å². The van der Waals surface area contributed by atoms with Gasteiger partial charge in [-0.05, 0) is 42.3 Å². The summed E-state index contributed by atoms with van der Waals surface area (Å²) in [6.07, 6.45) is -4.70. The van der Waals surface area contributed by atoms with Crippen LogP contribution in [0.2, 0.25) is 0 Å². The predicted octanol–water partition coefficient (Wildman–Crippen LogP) is 3.44. The van der Waals surface area contributed by atoms with Crippen LogP contribution in [0.1, 0.15) is 17.5 Å². The molecule has 0 fully saturated rings. The highest BCUT2D eigenvalue weighted by Gasteiger charge is 2.43. The summed E-state index contributed by atoms with van der Waals surface area (Å²) < 4.78 is 38.0. The minimum atomic E-state index is -4.88. The Morgan fingerprint density at radius 2 is 2.04 bits per heavy atom. The van der Waals surface area contributed by atoms with Gasteiger partial charge in [-0.2, -0.15) is 18.4 Å². The number of amides is 1. The van der Waals surface area contributed by atoms with Crippen LogP contribution in [0, 0.1) is 17.2 Å². The van der Waals surface area contributed by atoms with E-state index in [2.05, 4.69) is 5.32 Å². The van der Waals surface area contributed by atoms with Crippen molar-refractivity contribution < 1.29 is 22.8 Å². The number of rotatable bonds is 2. The molecular weight excluding hydrogens is 355 g/mol. The summed E-state index contributed by atoms with van der Waals surface area (Å²) in [6, 6.07) is 5.11. The van der Waals surface area contributed by atoms with E-state index in [0.717, 1.165) is 11.8 Å². The van der Waals surface area contributed by atoms with Crippen LogP contribution in [0.4, 0.5) is 23.7 Å². The monoisotopic (exact) mass is 371 g/mol. The Labute approximate surface area is 147 Å². The largest absolute Gasteiger partial charge is 0.450 e. The van der Waals surface area contributed by atoms with Gasteiger partial charge in [0.2, 0.25) is 5.78 Å². The lowest BCUT2D eigenvalue weighted by Gasteiger charge is -2.16. The zero-order chi connectivity index (χ0) is 18.8. The molecule has 1 atom stereocenters. The smallest absolute Gasteiger partial charge is 0.384 e. The molecule has 1 aliphatic rings. The van der Waals surface area contributed by atoms with Crippen molar-refractivity contribution in [2.45, 2.75) is 23.9 Å². The number of Topliss-reactive ketones (excluding diaryl/α,β-unsaturated/α-hetero) is 1. The lowest BCUT2D eigenvalue weighted by atomic mass is 9.96. The second kappa shape index (κ2) is 7.35. The molecule has 1 amide bonds. The third-order valence-electron chi connectivity index (χ3n) is 3.87. The minimum Gasteiger partial charge on any atom is -0.384 e. The Morgan fingerprint density at radius 1 is 1.36 bits per heavy atom. The molecular formula is C16H16F3N3O2S. The van der Waals surface area contributed by atoms with Gasteiger partial charge in [-0.3, -0.25) is 9.59 Å². The molecule has 1 heterocycles. The summed E-state index contributed by atoms with van der Waals surface area (Å²) in [4.78, 5) is 25.3. The Balaban J connectivity index is 2.35. The minimum absolute atomic E-state index is 0.00304. The van der Waals surface area contributed by atoms with Crippen molar-refractivity contribution in [3.05, 3.63) is 23.3 Å². The molecule has 0 saturated carbocycles. The average Bonchev–Trinajstić information content (AvgIpc) is 2.76. The lowest BCUT2D eigenvalue weighted by molar-refractivity contribution is -0.175. The number of nitrogens with one attached hydrogen (secondary N) is 1. The van der Waals surface area contributed by atoms with Crippen LogP contribution in [0.5, 0.6) is 0 Å². The molecule has 0 spiro atoms. The van der Waals surface area contributed by atoms with E-state index in [1.807, 2.05) is 6.07 Å². The van der Waals surface area contributed by atoms with E-state index >= 15 is 0 Å². The van der Waals surface area contributed by atoms with Crippen LogP contribution in [-0.4, -0.2) is 42.7 Å². The number of hydrogen-bond donors (Lipinski definition) is 1. The topological polar surface area (TPSA) is 73.2 Å². The van der Waals surface area contributed by atoms with Gasteiger partial charge < -0.3 is 10.2 Å². The van der Waals surface area contributed by atoms with Gasteiger partial charge in [-0.1, -0.05) is 0 Å². The molecule has 134 valence electrons. The quantitative estimate of drug-likeness (QED) is 0.807. The Morgan fingerprint density at radius 3 is 2.60 bits per heavy atom. The number of anilines is 1. The van der Waals surface area contributed by atoms with Crippen LogP contribution in [-0.2, 0) is 11.2 Å². The summed E-state index contributed by atoms with van der Waals surface area (Å²) in [6.45, 7) is -0.136. The zero-order valence-electron chi connectivity index (χ0n) is 13.6. The number of hydrogen-bond acceptors (Lipinski definition) is 5. The molecule has 25 heavy (non-hydrogen) atoms. The number of thioether (sulfide) groups is 1. The molecule has 2 rings (SSSR count). The molecule has 5 nitrogen and oxygen atoms in total. The van der Waals surface area contributed by atoms with E-state index in [4.69, 9.17) is 0 Å². The number of carbonyl (C=O) groups excluding carboxylic acids is 2. The van der Waals surface area contributed by atoms with Gasteiger partial charge in [0.25, 0.3) is 5.24 Å². The number of halogens is 3. The number of fused-ring (bicyclic) bond motifs is 1. The molecule has 0 radical (unpaired) electrons.